The van der Waals surface area contributed by atoms with E-state index in [0.717, 1.165) is 0 Å². The Hall–Kier alpha value is -2.94. The van der Waals surface area contributed by atoms with Crippen molar-refractivity contribution >= 4 is 17.6 Å². The summed E-state index contributed by atoms with van der Waals surface area (Å²) in [5.41, 5.74) is 6.67. The van der Waals surface area contributed by atoms with Crippen molar-refractivity contribution in [3.05, 3.63) is 29.3 Å². The zero-order chi connectivity index (χ0) is 17.7. The van der Waals surface area contributed by atoms with Gasteiger partial charge in [0.05, 0.1) is 5.56 Å². The van der Waals surface area contributed by atoms with Crippen LogP contribution >= 0.6 is 11.8 Å². The Bertz CT molecular complexity index is 856. The monoisotopic (exact) mass is 342 g/mol. The van der Waals surface area contributed by atoms with E-state index in [1.54, 1.807) is 0 Å². The first-order valence-electron chi connectivity index (χ1n) is 6.93. The predicted molar refractivity (Wildman–Crippen MR) is 89.3 cm³/mol. The number of rotatable bonds is 5. The fourth-order valence-corrected chi connectivity index (χ4v) is 3.03. The van der Waals surface area contributed by atoms with Gasteiger partial charge in [0, 0.05) is 17.9 Å². The average Bonchev–Trinajstić information content (AvgIpc) is 2.57. The number of phenolic OH excluding ortho intramolecular Hbond substituents is 2. The highest BCUT2D eigenvalue weighted by atomic mass is 32.2. The molecule has 1 heterocycles. The highest BCUT2D eigenvalue weighted by molar-refractivity contribution is 7.99. The number of nitriles is 2. The van der Waals surface area contributed by atoms with Crippen molar-refractivity contribution in [1.29, 1.82) is 10.5 Å². The Morgan fingerprint density at radius 3 is 2.42 bits per heavy atom. The molecule has 0 aliphatic carbocycles. The fourth-order valence-electron chi connectivity index (χ4n) is 2.10. The smallest absolute Gasteiger partial charge is 0.158 e. The van der Waals surface area contributed by atoms with Gasteiger partial charge in [-0.1, -0.05) is 6.07 Å². The van der Waals surface area contributed by atoms with Gasteiger partial charge in [0.1, 0.15) is 28.5 Å². The van der Waals surface area contributed by atoms with E-state index in [9.17, 15) is 20.7 Å². The second-order valence-corrected chi connectivity index (χ2v) is 5.86. The molecule has 5 N–H and O–H groups in total. The van der Waals surface area contributed by atoms with E-state index in [1.165, 1.54) is 30.0 Å². The summed E-state index contributed by atoms with van der Waals surface area (Å²) in [7, 11) is 0. The number of anilines is 1. The molecule has 7 nitrogen and oxygen atoms in total. The van der Waals surface area contributed by atoms with Gasteiger partial charge in [-0.25, -0.2) is 4.98 Å². The Morgan fingerprint density at radius 1 is 1.12 bits per heavy atom. The van der Waals surface area contributed by atoms with Crippen molar-refractivity contribution in [2.24, 2.45) is 0 Å². The van der Waals surface area contributed by atoms with E-state index >= 15 is 0 Å². The lowest BCUT2D eigenvalue weighted by atomic mass is 9.96. The molecular formula is C16H14N4O3S. The maximum Gasteiger partial charge on any atom is 0.158 e. The molecule has 0 atom stereocenters. The van der Waals surface area contributed by atoms with E-state index < -0.39 is 0 Å². The SMILES string of the molecule is N#Cc1c(N)nc(SCCCO)c(C#N)c1-c1ccc(O)c(O)c1. The molecule has 8 heteroatoms. The molecule has 122 valence electrons. The number of aromatic nitrogens is 1. The number of nitrogen functional groups attached to an aromatic ring is 1. The lowest BCUT2D eigenvalue weighted by Gasteiger charge is -2.13. The van der Waals surface area contributed by atoms with Gasteiger partial charge < -0.3 is 21.1 Å². The van der Waals surface area contributed by atoms with Crippen LogP contribution in [-0.4, -0.2) is 32.7 Å². The summed E-state index contributed by atoms with van der Waals surface area (Å²) in [4.78, 5) is 4.11. The molecule has 0 saturated heterocycles. The molecule has 24 heavy (non-hydrogen) atoms. The number of hydrogen-bond acceptors (Lipinski definition) is 8. The minimum Gasteiger partial charge on any atom is -0.504 e. The second-order valence-electron chi connectivity index (χ2n) is 4.78. The van der Waals surface area contributed by atoms with Crippen molar-refractivity contribution in [3.8, 4) is 34.8 Å². The van der Waals surface area contributed by atoms with Gasteiger partial charge >= 0.3 is 0 Å². The lowest BCUT2D eigenvalue weighted by molar-refractivity contribution is 0.296. The van der Waals surface area contributed by atoms with Gasteiger partial charge in [-0.15, -0.1) is 11.8 Å². The number of nitrogens with two attached hydrogens (primary N) is 1. The Kier molecular flexibility index (Phi) is 5.48. The Balaban J connectivity index is 2.69. The van der Waals surface area contributed by atoms with Crippen molar-refractivity contribution in [1.82, 2.24) is 4.98 Å². The molecule has 0 bridgehead atoms. The quantitative estimate of drug-likeness (QED) is 0.366. The molecule has 0 unspecified atom stereocenters. The van der Waals surface area contributed by atoms with Crippen LogP contribution in [0.3, 0.4) is 0 Å². The van der Waals surface area contributed by atoms with Crippen LogP contribution in [0, 0.1) is 22.7 Å². The van der Waals surface area contributed by atoms with Gasteiger partial charge in [0.15, 0.2) is 11.5 Å². The van der Waals surface area contributed by atoms with E-state index in [2.05, 4.69) is 4.98 Å². The first kappa shape index (κ1) is 17.4. The van der Waals surface area contributed by atoms with Crippen molar-refractivity contribution in [2.45, 2.75) is 11.4 Å². The zero-order valence-corrected chi connectivity index (χ0v) is 13.3. The van der Waals surface area contributed by atoms with Crippen LogP contribution in [0.5, 0.6) is 11.5 Å². The minimum absolute atomic E-state index is 0.0132. The third kappa shape index (κ3) is 3.35. The highest BCUT2D eigenvalue weighted by Gasteiger charge is 2.21. The summed E-state index contributed by atoms with van der Waals surface area (Å²) in [6, 6.07) is 7.97. The number of thioether (sulfide) groups is 1. The summed E-state index contributed by atoms with van der Waals surface area (Å²) in [5, 5.41) is 47.3. The normalized spacial score (nSPS) is 10.1. The third-order valence-corrected chi connectivity index (χ3v) is 4.28. The van der Waals surface area contributed by atoms with Crippen molar-refractivity contribution < 1.29 is 15.3 Å². The van der Waals surface area contributed by atoms with Gasteiger partial charge in [-0.3, -0.25) is 0 Å². The molecule has 0 fully saturated rings. The number of nitrogens with zero attached hydrogens (tertiary/aromatic N) is 3. The summed E-state index contributed by atoms with van der Waals surface area (Å²) in [6.45, 7) is 0.0132. The third-order valence-electron chi connectivity index (χ3n) is 3.22. The fraction of sp³-hybridized carbons (Fsp3) is 0.188. The largest absolute Gasteiger partial charge is 0.504 e. The maximum atomic E-state index is 9.70. The van der Waals surface area contributed by atoms with Crippen LogP contribution in [-0.2, 0) is 0 Å². The van der Waals surface area contributed by atoms with E-state index in [4.69, 9.17) is 10.8 Å². The zero-order valence-electron chi connectivity index (χ0n) is 12.5. The number of hydrogen-bond donors (Lipinski definition) is 4. The molecule has 0 spiro atoms. The van der Waals surface area contributed by atoms with Gasteiger partial charge in [-0.05, 0) is 24.1 Å². The van der Waals surface area contributed by atoms with E-state index in [1.807, 2.05) is 12.1 Å². The molecule has 0 aliphatic heterocycles. The summed E-state index contributed by atoms with van der Waals surface area (Å²) in [6.07, 6.45) is 0.520. The Morgan fingerprint density at radius 2 is 1.83 bits per heavy atom. The summed E-state index contributed by atoms with van der Waals surface area (Å²) in [5.74, 6) is -0.171. The molecule has 1 aromatic heterocycles. The molecule has 0 radical (unpaired) electrons. The lowest BCUT2D eigenvalue weighted by Crippen LogP contribution is -2.03. The maximum absolute atomic E-state index is 9.70. The summed E-state index contributed by atoms with van der Waals surface area (Å²) < 4.78 is 0. The molecule has 0 aliphatic rings. The first-order chi connectivity index (χ1) is 11.5. The Labute approximate surface area is 142 Å². The highest BCUT2D eigenvalue weighted by Crippen LogP contribution is 2.38. The summed E-state index contributed by atoms with van der Waals surface area (Å²) >= 11 is 1.25. The standard InChI is InChI=1S/C16H14N4O3S/c17-7-10-14(9-2-3-12(22)13(23)6-9)11(8-18)16(20-15(10)19)24-5-1-4-21/h2-3,6,21-23H,1,4-5H2,(H2,19,20). The number of aliphatic hydroxyl groups is 1. The first-order valence-corrected chi connectivity index (χ1v) is 7.91. The molecule has 1 aromatic carbocycles. The van der Waals surface area contributed by atoms with Gasteiger partial charge in [0.2, 0.25) is 0 Å². The molecule has 2 aromatic rings. The van der Waals surface area contributed by atoms with Crippen LogP contribution in [0.1, 0.15) is 17.5 Å². The second kappa shape index (κ2) is 7.55. The van der Waals surface area contributed by atoms with Gasteiger partial charge in [0.25, 0.3) is 0 Å². The van der Waals surface area contributed by atoms with Gasteiger partial charge in [-0.2, -0.15) is 10.5 Å². The van der Waals surface area contributed by atoms with Crippen LogP contribution in [0.25, 0.3) is 11.1 Å². The van der Waals surface area contributed by atoms with Crippen molar-refractivity contribution in [2.75, 3.05) is 18.1 Å². The van der Waals surface area contributed by atoms with Crippen LogP contribution < -0.4 is 5.73 Å². The topological polar surface area (TPSA) is 147 Å². The van der Waals surface area contributed by atoms with Crippen LogP contribution in [0.2, 0.25) is 0 Å². The molecular weight excluding hydrogens is 328 g/mol. The average molecular weight is 342 g/mol. The molecule has 0 saturated carbocycles. The van der Waals surface area contributed by atoms with Crippen molar-refractivity contribution in [3.63, 3.8) is 0 Å². The van der Waals surface area contributed by atoms with E-state index in [0.29, 0.717) is 22.8 Å². The number of phenols is 2. The number of benzene rings is 1. The molecule has 2 rings (SSSR count). The predicted octanol–water partition coefficient (Wildman–Crippen LogP) is 1.96. The van der Waals surface area contributed by atoms with Crippen LogP contribution in [0.4, 0.5) is 5.82 Å². The number of aliphatic hydroxyl groups excluding tert-OH is 1. The molecule has 0 amide bonds. The minimum atomic E-state index is -0.370. The van der Waals surface area contributed by atoms with Crippen LogP contribution in [0.15, 0.2) is 23.2 Å². The van der Waals surface area contributed by atoms with E-state index in [-0.39, 0.29) is 40.6 Å². The number of aromatic hydroxyl groups is 2. The number of pyridine rings is 1.